The first-order valence-corrected chi connectivity index (χ1v) is 8.29. The average Bonchev–Trinajstić information content (AvgIpc) is 2.66. The Hall–Kier alpha value is -3.33. The van der Waals surface area contributed by atoms with Gasteiger partial charge in [-0.3, -0.25) is 4.79 Å². The molecule has 6 heteroatoms. The molecular formula is C20H18N2O4. The Kier molecular flexibility index (Phi) is 4.90. The van der Waals surface area contributed by atoms with Crippen molar-refractivity contribution in [2.75, 3.05) is 6.54 Å². The van der Waals surface area contributed by atoms with Crippen LogP contribution in [0.4, 0.5) is 0 Å². The van der Waals surface area contributed by atoms with Crippen LogP contribution in [0, 0.1) is 11.3 Å². The van der Waals surface area contributed by atoms with Gasteiger partial charge in [0.25, 0.3) is 5.91 Å². The predicted octanol–water partition coefficient (Wildman–Crippen LogP) is 2.54. The van der Waals surface area contributed by atoms with Crippen LogP contribution < -0.4 is 4.74 Å². The fourth-order valence-electron chi connectivity index (χ4n) is 3.21. The van der Waals surface area contributed by atoms with Crippen molar-refractivity contribution < 1.29 is 19.4 Å². The quantitative estimate of drug-likeness (QED) is 0.915. The van der Waals surface area contributed by atoms with Crippen LogP contribution in [-0.4, -0.2) is 34.5 Å². The number of carboxylic acids is 1. The lowest BCUT2D eigenvalue weighted by Gasteiger charge is -2.36. The van der Waals surface area contributed by atoms with Crippen molar-refractivity contribution in [2.24, 2.45) is 0 Å². The van der Waals surface area contributed by atoms with Gasteiger partial charge in [0.2, 0.25) is 0 Å². The van der Waals surface area contributed by atoms with Gasteiger partial charge in [0.05, 0.1) is 5.56 Å². The van der Waals surface area contributed by atoms with E-state index in [1.165, 1.54) is 4.90 Å². The molecule has 2 atom stereocenters. The van der Waals surface area contributed by atoms with E-state index in [2.05, 4.69) is 0 Å². The van der Waals surface area contributed by atoms with Crippen LogP contribution in [0.1, 0.15) is 29.7 Å². The van der Waals surface area contributed by atoms with Crippen molar-refractivity contribution in [3.05, 3.63) is 65.2 Å². The molecule has 2 aromatic rings. The third kappa shape index (κ3) is 3.24. The number of para-hydroxylation sites is 1. The largest absolute Gasteiger partial charge is 0.480 e. The van der Waals surface area contributed by atoms with Gasteiger partial charge in [-0.1, -0.05) is 36.4 Å². The number of carbonyl (C=O) groups excluding carboxylic acids is 1. The van der Waals surface area contributed by atoms with Gasteiger partial charge in [-0.2, -0.15) is 5.26 Å². The van der Waals surface area contributed by atoms with Crippen molar-refractivity contribution >= 4 is 11.9 Å². The van der Waals surface area contributed by atoms with E-state index in [1.54, 1.807) is 43.3 Å². The van der Waals surface area contributed by atoms with Crippen molar-refractivity contribution in [3.63, 3.8) is 0 Å². The Morgan fingerprint density at radius 2 is 1.92 bits per heavy atom. The molecule has 1 amide bonds. The molecule has 0 saturated carbocycles. The topological polar surface area (TPSA) is 90.6 Å². The Morgan fingerprint density at radius 1 is 1.23 bits per heavy atom. The van der Waals surface area contributed by atoms with Gasteiger partial charge in [-0.25, -0.2) is 4.79 Å². The summed E-state index contributed by atoms with van der Waals surface area (Å²) in [4.78, 5) is 26.1. The second-order valence-electron chi connectivity index (χ2n) is 6.09. The maximum absolute atomic E-state index is 12.9. The molecule has 0 bridgehead atoms. The normalized spacial score (nSPS) is 16.9. The maximum atomic E-state index is 12.9. The molecule has 0 spiro atoms. The molecule has 3 rings (SSSR count). The zero-order chi connectivity index (χ0) is 18.7. The van der Waals surface area contributed by atoms with E-state index in [-0.39, 0.29) is 0 Å². The first-order valence-electron chi connectivity index (χ1n) is 8.29. The van der Waals surface area contributed by atoms with Crippen molar-refractivity contribution in [3.8, 4) is 11.8 Å². The van der Waals surface area contributed by atoms with Gasteiger partial charge >= 0.3 is 5.97 Å². The molecule has 2 aromatic carbocycles. The highest BCUT2D eigenvalue weighted by Crippen LogP contribution is 2.31. The van der Waals surface area contributed by atoms with E-state index in [9.17, 15) is 14.7 Å². The van der Waals surface area contributed by atoms with E-state index in [1.807, 2.05) is 18.2 Å². The number of hydrogen-bond donors (Lipinski definition) is 1. The molecule has 0 fully saturated rings. The fraction of sp³-hybridized carbons (Fsp3) is 0.250. The molecule has 1 aliphatic rings. The number of amides is 1. The van der Waals surface area contributed by atoms with Gasteiger partial charge in [-0.15, -0.1) is 0 Å². The van der Waals surface area contributed by atoms with Crippen LogP contribution in [0.3, 0.4) is 0 Å². The molecular weight excluding hydrogens is 332 g/mol. The lowest BCUT2D eigenvalue weighted by atomic mass is 9.92. The summed E-state index contributed by atoms with van der Waals surface area (Å²) in [6.45, 7) is 1.87. The molecule has 0 saturated heterocycles. The Bertz CT molecular complexity index is 887. The average molecular weight is 350 g/mol. The van der Waals surface area contributed by atoms with Crippen LogP contribution in [0.5, 0.6) is 5.75 Å². The van der Waals surface area contributed by atoms with E-state index in [4.69, 9.17) is 10.00 Å². The SMILES string of the molecule is CC(Oc1ccccc1C#N)C(=O)N1CCc2ccccc2C1C(=O)O. The van der Waals surface area contributed by atoms with Crippen LogP contribution in [-0.2, 0) is 16.0 Å². The van der Waals surface area contributed by atoms with E-state index in [0.717, 1.165) is 5.56 Å². The van der Waals surface area contributed by atoms with Gasteiger partial charge in [-0.05, 0) is 36.6 Å². The number of fused-ring (bicyclic) bond motifs is 1. The van der Waals surface area contributed by atoms with Crippen molar-refractivity contribution in [2.45, 2.75) is 25.5 Å². The minimum Gasteiger partial charge on any atom is -0.480 e. The summed E-state index contributed by atoms with van der Waals surface area (Å²) in [5.74, 6) is -1.19. The summed E-state index contributed by atoms with van der Waals surface area (Å²) in [7, 11) is 0. The molecule has 0 aromatic heterocycles. The predicted molar refractivity (Wildman–Crippen MR) is 93.5 cm³/mol. The summed E-state index contributed by atoms with van der Waals surface area (Å²) >= 11 is 0. The van der Waals surface area contributed by atoms with Gasteiger partial charge in [0, 0.05) is 6.54 Å². The summed E-state index contributed by atoms with van der Waals surface area (Å²) in [5, 5.41) is 18.8. The highest BCUT2D eigenvalue weighted by molar-refractivity contribution is 5.88. The lowest BCUT2D eigenvalue weighted by Crippen LogP contribution is -2.48. The van der Waals surface area contributed by atoms with Gasteiger partial charge in [0.15, 0.2) is 12.1 Å². The van der Waals surface area contributed by atoms with E-state index >= 15 is 0 Å². The number of benzene rings is 2. The number of nitrogens with zero attached hydrogens (tertiary/aromatic N) is 2. The number of hydrogen-bond acceptors (Lipinski definition) is 4. The Balaban J connectivity index is 1.85. The molecule has 1 N–H and O–H groups in total. The molecule has 0 radical (unpaired) electrons. The minimum atomic E-state index is -1.07. The summed E-state index contributed by atoms with van der Waals surface area (Å²) in [6.07, 6.45) is -0.315. The second-order valence-corrected chi connectivity index (χ2v) is 6.09. The standard InChI is InChI=1S/C20H18N2O4/c1-13(26-17-9-5-3-7-15(17)12-21)19(23)22-11-10-14-6-2-4-8-16(14)18(22)20(24)25/h2-9,13,18H,10-11H2,1H3,(H,24,25). The summed E-state index contributed by atoms with van der Waals surface area (Å²) in [6, 6.07) is 14.9. The zero-order valence-electron chi connectivity index (χ0n) is 14.3. The van der Waals surface area contributed by atoms with Crippen molar-refractivity contribution in [1.82, 2.24) is 4.90 Å². The second kappa shape index (κ2) is 7.28. The van der Waals surface area contributed by atoms with Crippen LogP contribution in [0.25, 0.3) is 0 Å². The lowest BCUT2D eigenvalue weighted by molar-refractivity contribution is -0.154. The molecule has 0 aliphatic carbocycles. The number of rotatable bonds is 4. The third-order valence-corrected chi connectivity index (χ3v) is 4.46. The molecule has 6 nitrogen and oxygen atoms in total. The van der Waals surface area contributed by atoms with E-state index < -0.39 is 24.0 Å². The Labute approximate surface area is 151 Å². The van der Waals surface area contributed by atoms with Crippen LogP contribution >= 0.6 is 0 Å². The molecule has 1 heterocycles. The smallest absolute Gasteiger partial charge is 0.331 e. The van der Waals surface area contributed by atoms with Gasteiger partial charge < -0.3 is 14.7 Å². The monoisotopic (exact) mass is 350 g/mol. The summed E-state index contributed by atoms with van der Waals surface area (Å²) in [5.41, 5.74) is 1.89. The van der Waals surface area contributed by atoms with Crippen LogP contribution in [0.15, 0.2) is 48.5 Å². The number of aliphatic carboxylic acids is 1. The molecule has 132 valence electrons. The van der Waals surface area contributed by atoms with Gasteiger partial charge in [0.1, 0.15) is 11.8 Å². The van der Waals surface area contributed by atoms with Crippen molar-refractivity contribution in [1.29, 1.82) is 5.26 Å². The Morgan fingerprint density at radius 3 is 2.65 bits per heavy atom. The maximum Gasteiger partial charge on any atom is 0.331 e. The number of ether oxygens (including phenoxy) is 1. The number of carboxylic acid groups (broad SMARTS) is 1. The van der Waals surface area contributed by atoms with E-state index in [0.29, 0.717) is 29.8 Å². The highest BCUT2D eigenvalue weighted by Gasteiger charge is 2.38. The molecule has 2 unspecified atom stereocenters. The minimum absolute atomic E-state index is 0.306. The van der Waals surface area contributed by atoms with Crippen LogP contribution in [0.2, 0.25) is 0 Å². The third-order valence-electron chi connectivity index (χ3n) is 4.46. The zero-order valence-corrected chi connectivity index (χ0v) is 14.3. The fourth-order valence-corrected chi connectivity index (χ4v) is 3.21. The highest BCUT2D eigenvalue weighted by atomic mass is 16.5. The molecule has 26 heavy (non-hydrogen) atoms. The number of nitriles is 1. The number of carbonyl (C=O) groups is 2. The summed E-state index contributed by atoms with van der Waals surface area (Å²) < 4.78 is 5.66. The molecule has 1 aliphatic heterocycles. The first-order chi connectivity index (χ1) is 12.5. The first kappa shape index (κ1) is 17.5.